The summed E-state index contributed by atoms with van der Waals surface area (Å²) in [5.41, 5.74) is 2.66. The highest BCUT2D eigenvalue weighted by molar-refractivity contribution is 7.80. The van der Waals surface area contributed by atoms with Gasteiger partial charge in [-0.3, -0.25) is 9.59 Å². The van der Waals surface area contributed by atoms with Gasteiger partial charge in [-0.05, 0) is 30.4 Å². The molecular weight excluding hydrogens is 272 g/mol. The predicted octanol–water partition coefficient (Wildman–Crippen LogP) is 1.09. The van der Waals surface area contributed by atoms with Gasteiger partial charge in [0.1, 0.15) is 6.04 Å². The Kier molecular flexibility index (Phi) is 5.06. The van der Waals surface area contributed by atoms with Crippen LogP contribution in [0.25, 0.3) is 0 Å². The zero-order valence-electron chi connectivity index (χ0n) is 11.6. The third-order valence-corrected chi connectivity index (χ3v) is 3.93. The molecule has 5 heteroatoms. The zero-order chi connectivity index (χ0) is 14.5. The summed E-state index contributed by atoms with van der Waals surface area (Å²) < 4.78 is 0. The van der Waals surface area contributed by atoms with Crippen LogP contribution in [-0.4, -0.2) is 29.7 Å². The average Bonchev–Trinajstić information content (AvgIpc) is 2.44. The highest BCUT2D eigenvalue weighted by atomic mass is 32.1. The van der Waals surface area contributed by atoms with Crippen molar-refractivity contribution in [1.29, 1.82) is 0 Å². The normalized spacial score (nSPS) is 18.8. The average molecular weight is 292 g/mol. The van der Waals surface area contributed by atoms with Gasteiger partial charge in [-0.25, -0.2) is 0 Å². The van der Waals surface area contributed by atoms with E-state index in [2.05, 4.69) is 35.4 Å². The summed E-state index contributed by atoms with van der Waals surface area (Å²) in [6.45, 7) is 1.40. The van der Waals surface area contributed by atoms with E-state index in [0.29, 0.717) is 5.75 Å². The molecule has 0 bridgehead atoms. The molecule has 0 radical (unpaired) electrons. The Morgan fingerprint density at radius 1 is 1.35 bits per heavy atom. The van der Waals surface area contributed by atoms with Gasteiger partial charge < -0.3 is 10.6 Å². The van der Waals surface area contributed by atoms with Crippen molar-refractivity contribution in [3.05, 3.63) is 35.4 Å². The molecule has 2 rings (SSSR count). The first-order chi connectivity index (χ1) is 9.60. The van der Waals surface area contributed by atoms with Crippen LogP contribution in [0.1, 0.15) is 24.5 Å². The van der Waals surface area contributed by atoms with Gasteiger partial charge >= 0.3 is 0 Å². The van der Waals surface area contributed by atoms with Gasteiger partial charge in [0.2, 0.25) is 11.8 Å². The molecule has 2 N–H and O–H groups in total. The number of amides is 2. The van der Waals surface area contributed by atoms with Crippen molar-refractivity contribution in [2.75, 3.05) is 5.75 Å². The SMILES string of the molecule is CC(=O)NC(CS)C(=O)NC1CCc2ccccc2C1. The maximum atomic E-state index is 12.1. The Balaban J connectivity index is 1.94. The van der Waals surface area contributed by atoms with Crippen molar-refractivity contribution in [3.63, 3.8) is 0 Å². The molecule has 108 valence electrons. The van der Waals surface area contributed by atoms with Gasteiger partial charge in [0, 0.05) is 18.7 Å². The number of nitrogens with one attached hydrogen (secondary N) is 2. The quantitative estimate of drug-likeness (QED) is 0.728. The largest absolute Gasteiger partial charge is 0.351 e. The van der Waals surface area contributed by atoms with Crippen LogP contribution >= 0.6 is 12.6 Å². The summed E-state index contributed by atoms with van der Waals surface area (Å²) in [7, 11) is 0. The van der Waals surface area contributed by atoms with E-state index in [9.17, 15) is 9.59 Å². The molecule has 0 saturated carbocycles. The molecule has 20 heavy (non-hydrogen) atoms. The molecule has 1 aromatic rings. The van der Waals surface area contributed by atoms with E-state index in [-0.39, 0.29) is 17.9 Å². The zero-order valence-corrected chi connectivity index (χ0v) is 12.5. The lowest BCUT2D eigenvalue weighted by Crippen LogP contribution is -2.51. The molecule has 1 aliphatic carbocycles. The molecule has 0 fully saturated rings. The number of hydrogen-bond donors (Lipinski definition) is 3. The second kappa shape index (κ2) is 6.79. The van der Waals surface area contributed by atoms with Gasteiger partial charge in [-0.2, -0.15) is 12.6 Å². The second-order valence-electron chi connectivity index (χ2n) is 5.15. The van der Waals surface area contributed by atoms with E-state index in [0.717, 1.165) is 19.3 Å². The lowest BCUT2D eigenvalue weighted by atomic mass is 9.88. The number of aryl methyl sites for hydroxylation is 1. The third-order valence-electron chi connectivity index (χ3n) is 3.57. The first-order valence-corrected chi connectivity index (χ1v) is 7.48. The molecule has 2 unspecified atom stereocenters. The van der Waals surface area contributed by atoms with Gasteiger partial charge in [0.05, 0.1) is 0 Å². The van der Waals surface area contributed by atoms with Crippen LogP contribution in [0.5, 0.6) is 0 Å². The molecule has 1 aromatic carbocycles. The maximum absolute atomic E-state index is 12.1. The molecule has 0 heterocycles. The monoisotopic (exact) mass is 292 g/mol. The van der Waals surface area contributed by atoms with E-state index in [1.807, 2.05) is 12.1 Å². The minimum absolute atomic E-state index is 0.133. The fourth-order valence-electron chi connectivity index (χ4n) is 2.56. The van der Waals surface area contributed by atoms with Crippen molar-refractivity contribution in [3.8, 4) is 0 Å². The third kappa shape index (κ3) is 3.76. The first-order valence-electron chi connectivity index (χ1n) is 6.85. The van der Waals surface area contributed by atoms with Gasteiger partial charge in [-0.15, -0.1) is 0 Å². The van der Waals surface area contributed by atoms with E-state index >= 15 is 0 Å². The van der Waals surface area contributed by atoms with Crippen molar-refractivity contribution in [1.82, 2.24) is 10.6 Å². The van der Waals surface area contributed by atoms with Crippen LogP contribution in [-0.2, 0) is 22.4 Å². The van der Waals surface area contributed by atoms with E-state index in [1.54, 1.807) is 0 Å². The highest BCUT2D eigenvalue weighted by Gasteiger charge is 2.24. The lowest BCUT2D eigenvalue weighted by molar-refractivity contribution is -0.128. The van der Waals surface area contributed by atoms with E-state index < -0.39 is 6.04 Å². The Hall–Kier alpha value is -1.49. The fraction of sp³-hybridized carbons (Fsp3) is 0.467. The van der Waals surface area contributed by atoms with Crippen LogP contribution < -0.4 is 10.6 Å². The maximum Gasteiger partial charge on any atom is 0.243 e. The van der Waals surface area contributed by atoms with Crippen LogP contribution in [0.4, 0.5) is 0 Å². The molecular formula is C15H20N2O2S. The Morgan fingerprint density at radius 2 is 2.05 bits per heavy atom. The number of carbonyl (C=O) groups is 2. The highest BCUT2D eigenvalue weighted by Crippen LogP contribution is 2.21. The van der Waals surface area contributed by atoms with E-state index in [1.165, 1.54) is 18.1 Å². The van der Waals surface area contributed by atoms with Gasteiger partial charge in [0.15, 0.2) is 0 Å². The van der Waals surface area contributed by atoms with Crippen molar-refractivity contribution >= 4 is 24.4 Å². The summed E-state index contributed by atoms with van der Waals surface area (Å²) in [5, 5.41) is 5.62. The topological polar surface area (TPSA) is 58.2 Å². The minimum Gasteiger partial charge on any atom is -0.351 e. The number of carbonyl (C=O) groups excluding carboxylic acids is 2. The Labute approximate surface area is 124 Å². The minimum atomic E-state index is -0.562. The molecule has 0 aliphatic heterocycles. The van der Waals surface area contributed by atoms with Gasteiger partial charge in [-0.1, -0.05) is 24.3 Å². The van der Waals surface area contributed by atoms with Gasteiger partial charge in [0.25, 0.3) is 0 Å². The van der Waals surface area contributed by atoms with Crippen molar-refractivity contribution in [2.24, 2.45) is 0 Å². The number of benzene rings is 1. The summed E-state index contributed by atoms with van der Waals surface area (Å²) in [6.07, 6.45) is 2.76. The second-order valence-corrected chi connectivity index (χ2v) is 5.52. The number of thiol groups is 1. The molecule has 4 nitrogen and oxygen atoms in total. The Bertz CT molecular complexity index is 504. The summed E-state index contributed by atoms with van der Waals surface area (Å²) in [4.78, 5) is 23.2. The number of hydrogen-bond acceptors (Lipinski definition) is 3. The van der Waals surface area contributed by atoms with Crippen LogP contribution in [0.15, 0.2) is 24.3 Å². The van der Waals surface area contributed by atoms with E-state index in [4.69, 9.17) is 0 Å². The fourth-order valence-corrected chi connectivity index (χ4v) is 2.82. The molecule has 2 atom stereocenters. The number of fused-ring (bicyclic) bond motifs is 1. The first kappa shape index (κ1) is 14.9. The van der Waals surface area contributed by atoms with Crippen LogP contribution in [0.2, 0.25) is 0 Å². The molecule has 2 amide bonds. The van der Waals surface area contributed by atoms with Crippen LogP contribution in [0, 0.1) is 0 Å². The molecule has 1 aliphatic rings. The smallest absolute Gasteiger partial charge is 0.243 e. The summed E-state index contributed by atoms with van der Waals surface area (Å²) in [5.74, 6) is -0.0675. The molecule has 0 saturated heterocycles. The lowest BCUT2D eigenvalue weighted by Gasteiger charge is -2.27. The number of rotatable bonds is 4. The van der Waals surface area contributed by atoms with Crippen LogP contribution in [0.3, 0.4) is 0 Å². The summed E-state index contributed by atoms with van der Waals surface area (Å²) >= 11 is 4.12. The van der Waals surface area contributed by atoms with Crippen molar-refractivity contribution in [2.45, 2.75) is 38.3 Å². The predicted molar refractivity (Wildman–Crippen MR) is 81.9 cm³/mol. The standard InChI is InChI=1S/C15H20N2O2S/c1-10(18)16-14(9-20)15(19)17-13-7-6-11-4-2-3-5-12(11)8-13/h2-5,13-14,20H,6-9H2,1H3,(H,16,18)(H,17,19). The Morgan fingerprint density at radius 3 is 2.70 bits per heavy atom. The molecule has 0 spiro atoms. The van der Waals surface area contributed by atoms with Crippen molar-refractivity contribution < 1.29 is 9.59 Å². The summed E-state index contributed by atoms with van der Waals surface area (Å²) in [6, 6.07) is 7.89. The molecule has 0 aromatic heterocycles.